The number of nitrogens with one attached hydrogen (secondary N) is 1. The second kappa shape index (κ2) is 7.01. The van der Waals surface area contributed by atoms with Gasteiger partial charge in [0.1, 0.15) is 12.1 Å². The molecular formula is C15H16N6OS. The zero-order valence-electron chi connectivity index (χ0n) is 12.6. The van der Waals surface area contributed by atoms with Crippen LogP contribution in [-0.4, -0.2) is 37.5 Å². The first-order valence-electron chi connectivity index (χ1n) is 7.01. The van der Waals surface area contributed by atoms with Gasteiger partial charge in [-0.3, -0.25) is 4.57 Å². The van der Waals surface area contributed by atoms with Crippen LogP contribution in [0.2, 0.25) is 0 Å². The summed E-state index contributed by atoms with van der Waals surface area (Å²) in [4.78, 5) is 26.2. The van der Waals surface area contributed by atoms with Crippen molar-refractivity contribution in [3.8, 4) is 5.82 Å². The molecule has 0 fully saturated rings. The molecule has 0 saturated carbocycles. The van der Waals surface area contributed by atoms with Gasteiger partial charge in [-0.2, -0.15) is 0 Å². The maximum Gasteiger partial charge on any atom is 0.317 e. The molecular weight excluding hydrogens is 312 g/mol. The summed E-state index contributed by atoms with van der Waals surface area (Å²) in [7, 11) is 1.75. The number of imidazole rings is 1. The highest BCUT2D eigenvalue weighted by Crippen LogP contribution is 2.06. The van der Waals surface area contributed by atoms with E-state index in [4.69, 9.17) is 0 Å². The fraction of sp³-hybridized carbons (Fsp3) is 0.200. The molecule has 1 N–H and O–H groups in total. The van der Waals surface area contributed by atoms with Gasteiger partial charge in [0.2, 0.25) is 0 Å². The molecule has 0 saturated heterocycles. The van der Waals surface area contributed by atoms with E-state index >= 15 is 0 Å². The van der Waals surface area contributed by atoms with Crippen LogP contribution in [0, 0.1) is 0 Å². The molecule has 0 unspecified atom stereocenters. The third-order valence-electron chi connectivity index (χ3n) is 3.25. The average Bonchev–Trinajstić information content (AvgIpc) is 3.26. The summed E-state index contributed by atoms with van der Waals surface area (Å²) in [5.41, 5.74) is 3.58. The lowest BCUT2D eigenvalue weighted by molar-refractivity contribution is 0.206. The van der Waals surface area contributed by atoms with E-state index in [0.29, 0.717) is 13.1 Å². The predicted octanol–water partition coefficient (Wildman–Crippen LogP) is 2.07. The fourth-order valence-electron chi connectivity index (χ4n) is 2.01. The second-order valence-corrected chi connectivity index (χ2v) is 5.71. The number of thiazole rings is 1. The number of carbonyl (C=O) groups excluding carboxylic acids is 1. The van der Waals surface area contributed by atoms with Gasteiger partial charge in [0.15, 0.2) is 0 Å². The number of carbonyl (C=O) groups is 1. The number of hydrogen-bond donors (Lipinski definition) is 1. The Morgan fingerprint density at radius 3 is 2.96 bits per heavy atom. The molecule has 0 spiro atoms. The normalized spacial score (nSPS) is 10.5. The number of hydrogen-bond acceptors (Lipinski definition) is 5. The lowest BCUT2D eigenvalue weighted by atomic mass is 10.3. The molecule has 7 nitrogen and oxygen atoms in total. The van der Waals surface area contributed by atoms with E-state index in [-0.39, 0.29) is 6.03 Å². The molecule has 2 amide bonds. The van der Waals surface area contributed by atoms with Gasteiger partial charge in [-0.1, -0.05) is 6.07 Å². The molecule has 3 heterocycles. The van der Waals surface area contributed by atoms with E-state index < -0.39 is 0 Å². The Morgan fingerprint density at radius 2 is 2.30 bits per heavy atom. The molecule has 0 aromatic carbocycles. The number of nitrogens with zero attached hydrogens (tertiary/aromatic N) is 5. The number of rotatable bonds is 5. The fourth-order valence-corrected chi connectivity index (χ4v) is 2.56. The van der Waals surface area contributed by atoms with Crippen LogP contribution in [0.15, 0.2) is 47.9 Å². The minimum atomic E-state index is -0.142. The summed E-state index contributed by atoms with van der Waals surface area (Å²) in [5, 5.41) is 4.80. The zero-order chi connectivity index (χ0) is 16.1. The van der Waals surface area contributed by atoms with Crippen LogP contribution in [0.1, 0.15) is 11.3 Å². The van der Waals surface area contributed by atoms with Crippen molar-refractivity contribution in [3.05, 3.63) is 59.2 Å². The zero-order valence-corrected chi connectivity index (χ0v) is 13.4. The molecule has 0 aliphatic heterocycles. The van der Waals surface area contributed by atoms with Gasteiger partial charge in [-0.15, -0.1) is 11.3 Å². The molecule has 23 heavy (non-hydrogen) atoms. The van der Waals surface area contributed by atoms with Crippen molar-refractivity contribution >= 4 is 17.4 Å². The smallest absolute Gasteiger partial charge is 0.317 e. The molecule has 3 rings (SSSR count). The maximum absolute atomic E-state index is 12.1. The quantitative estimate of drug-likeness (QED) is 0.778. The van der Waals surface area contributed by atoms with Gasteiger partial charge in [-0.05, 0) is 11.6 Å². The SMILES string of the molecule is CN(Cc1cscn1)C(=O)NCc1ccc(-n2ccnc2)nc1. The van der Waals surface area contributed by atoms with Gasteiger partial charge < -0.3 is 10.2 Å². The Labute approximate surface area is 137 Å². The van der Waals surface area contributed by atoms with Crippen LogP contribution < -0.4 is 5.32 Å². The first-order chi connectivity index (χ1) is 11.2. The van der Waals surface area contributed by atoms with Crippen LogP contribution in [0.5, 0.6) is 0 Å². The highest BCUT2D eigenvalue weighted by molar-refractivity contribution is 7.07. The van der Waals surface area contributed by atoms with Crippen LogP contribution in [0.4, 0.5) is 4.79 Å². The lowest BCUT2D eigenvalue weighted by Gasteiger charge is -2.16. The Balaban J connectivity index is 1.52. The lowest BCUT2D eigenvalue weighted by Crippen LogP contribution is -2.36. The maximum atomic E-state index is 12.1. The highest BCUT2D eigenvalue weighted by Gasteiger charge is 2.09. The minimum absolute atomic E-state index is 0.142. The number of amides is 2. The second-order valence-electron chi connectivity index (χ2n) is 4.99. The van der Waals surface area contributed by atoms with E-state index in [1.54, 1.807) is 36.2 Å². The molecule has 3 aromatic heterocycles. The molecule has 0 aliphatic carbocycles. The Morgan fingerprint density at radius 1 is 1.39 bits per heavy atom. The molecule has 0 aliphatic rings. The Kier molecular flexibility index (Phi) is 4.62. The largest absolute Gasteiger partial charge is 0.334 e. The van der Waals surface area contributed by atoms with Gasteiger partial charge in [0.25, 0.3) is 0 Å². The third kappa shape index (κ3) is 3.92. The Bertz CT molecular complexity index is 739. The molecule has 0 bridgehead atoms. The van der Waals surface area contributed by atoms with E-state index in [0.717, 1.165) is 17.1 Å². The summed E-state index contributed by atoms with van der Waals surface area (Å²) in [6, 6.07) is 3.68. The van der Waals surface area contributed by atoms with Crippen molar-refractivity contribution in [2.24, 2.45) is 0 Å². The molecule has 0 radical (unpaired) electrons. The topological polar surface area (TPSA) is 75.9 Å². The molecule has 8 heteroatoms. The summed E-state index contributed by atoms with van der Waals surface area (Å²) < 4.78 is 1.82. The van der Waals surface area contributed by atoms with Gasteiger partial charge >= 0.3 is 6.03 Å². The van der Waals surface area contributed by atoms with Gasteiger partial charge in [0, 0.05) is 37.6 Å². The van der Waals surface area contributed by atoms with Crippen molar-refractivity contribution in [1.29, 1.82) is 0 Å². The van der Waals surface area contributed by atoms with E-state index in [2.05, 4.69) is 20.3 Å². The van der Waals surface area contributed by atoms with Crippen LogP contribution in [0.3, 0.4) is 0 Å². The number of aromatic nitrogens is 4. The van der Waals surface area contributed by atoms with Crippen LogP contribution in [0.25, 0.3) is 5.82 Å². The summed E-state index contributed by atoms with van der Waals surface area (Å²) in [6.07, 6.45) is 6.97. The summed E-state index contributed by atoms with van der Waals surface area (Å²) in [5.74, 6) is 0.790. The van der Waals surface area contributed by atoms with E-state index in [1.807, 2.05) is 28.3 Å². The van der Waals surface area contributed by atoms with E-state index in [1.165, 1.54) is 11.3 Å². The van der Waals surface area contributed by atoms with Gasteiger partial charge in [-0.25, -0.2) is 19.7 Å². The first kappa shape index (κ1) is 15.2. The average molecular weight is 328 g/mol. The van der Waals surface area contributed by atoms with Crippen molar-refractivity contribution in [1.82, 2.24) is 29.7 Å². The van der Waals surface area contributed by atoms with Crippen LogP contribution in [-0.2, 0) is 13.1 Å². The number of pyridine rings is 1. The molecule has 118 valence electrons. The van der Waals surface area contributed by atoms with Crippen molar-refractivity contribution in [2.45, 2.75) is 13.1 Å². The molecule has 0 atom stereocenters. The van der Waals surface area contributed by atoms with Crippen LogP contribution >= 0.6 is 11.3 Å². The monoisotopic (exact) mass is 328 g/mol. The summed E-state index contributed by atoms with van der Waals surface area (Å²) >= 11 is 1.52. The molecule has 3 aromatic rings. The standard InChI is InChI=1S/C15H16N6OS/c1-20(8-13-9-23-11-19-13)15(22)18-7-12-2-3-14(17-6-12)21-5-4-16-10-21/h2-6,9-11H,7-8H2,1H3,(H,18,22). The number of urea groups is 1. The minimum Gasteiger partial charge on any atom is -0.334 e. The van der Waals surface area contributed by atoms with Gasteiger partial charge in [0.05, 0.1) is 17.7 Å². The van der Waals surface area contributed by atoms with Crippen molar-refractivity contribution < 1.29 is 4.79 Å². The third-order valence-corrected chi connectivity index (χ3v) is 3.89. The van der Waals surface area contributed by atoms with Crippen molar-refractivity contribution in [2.75, 3.05) is 7.05 Å². The van der Waals surface area contributed by atoms with E-state index in [9.17, 15) is 4.79 Å². The highest BCUT2D eigenvalue weighted by atomic mass is 32.1. The first-order valence-corrected chi connectivity index (χ1v) is 7.96. The Hall–Kier alpha value is -2.74. The van der Waals surface area contributed by atoms with Crippen molar-refractivity contribution in [3.63, 3.8) is 0 Å². The predicted molar refractivity (Wildman–Crippen MR) is 87.2 cm³/mol. The summed E-state index contributed by atoms with van der Waals surface area (Å²) in [6.45, 7) is 0.921.